The maximum absolute atomic E-state index is 13.2. The number of hydrogen-bond donors (Lipinski definition) is 9. The predicted octanol–water partition coefficient (Wildman–Crippen LogP) is 0.539. The highest BCUT2D eigenvalue weighted by molar-refractivity contribution is 6.13. The van der Waals surface area contributed by atoms with E-state index in [2.05, 4.69) is 0 Å². The fourth-order valence-electron chi connectivity index (χ4n) is 4.44. The van der Waals surface area contributed by atoms with Gasteiger partial charge in [-0.2, -0.15) is 0 Å². The third-order valence-electron chi connectivity index (χ3n) is 6.56. The van der Waals surface area contributed by atoms with Crippen molar-refractivity contribution in [1.29, 1.82) is 0 Å². The van der Waals surface area contributed by atoms with E-state index in [-0.39, 0.29) is 17.1 Å². The second kappa shape index (κ2) is 11.4. The summed E-state index contributed by atoms with van der Waals surface area (Å²) in [7, 11) is 1.14. The molecule has 14 nitrogen and oxygen atoms in total. The van der Waals surface area contributed by atoms with E-state index in [0.717, 1.165) is 25.3 Å². The molecule has 3 aromatic carbocycles. The third kappa shape index (κ3) is 5.36. The molecule has 0 unspecified atom stereocenters. The van der Waals surface area contributed by atoms with Crippen molar-refractivity contribution in [3.63, 3.8) is 0 Å². The van der Waals surface area contributed by atoms with Crippen molar-refractivity contribution in [3.05, 3.63) is 64.7 Å². The van der Waals surface area contributed by atoms with Crippen LogP contribution in [0.4, 0.5) is 0 Å². The summed E-state index contributed by atoms with van der Waals surface area (Å²) >= 11 is 0. The molecule has 5 atom stereocenters. The molecule has 1 heterocycles. The lowest BCUT2D eigenvalue weighted by molar-refractivity contribution is -0.232. The van der Waals surface area contributed by atoms with Gasteiger partial charge in [-0.25, -0.2) is 4.79 Å². The highest BCUT2D eigenvalue weighted by Crippen LogP contribution is 2.48. The molecule has 1 fully saturated rings. The summed E-state index contributed by atoms with van der Waals surface area (Å²) in [4.78, 5) is 26.2. The molecule has 0 bridgehead atoms. The Bertz CT molecular complexity index is 1440. The highest BCUT2D eigenvalue weighted by Gasteiger charge is 2.49. The monoisotopic (exact) mass is 574 g/mol. The Labute approximate surface area is 231 Å². The van der Waals surface area contributed by atoms with Crippen LogP contribution >= 0.6 is 0 Å². The van der Waals surface area contributed by atoms with E-state index in [0.29, 0.717) is 0 Å². The Morgan fingerprint density at radius 3 is 2.00 bits per heavy atom. The second-order valence-corrected chi connectivity index (χ2v) is 9.10. The average Bonchev–Trinajstić information content (AvgIpc) is 2.94. The van der Waals surface area contributed by atoms with Gasteiger partial charge >= 0.3 is 5.97 Å². The van der Waals surface area contributed by atoms with Crippen molar-refractivity contribution in [2.75, 3.05) is 13.7 Å². The van der Waals surface area contributed by atoms with Gasteiger partial charge in [0.15, 0.2) is 23.4 Å². The first-order valence-electron chi connectivity index (χ1n) is 11.9. The molecule has 0 radical (unpaired) electrons. The van der Waals surface area contributed by atoms with Crippen LogP contribution in [-0.4, -0.2) is 95.8 Å². The molecular weight excluding hydrogens is 548 g/mol. The third-order valence-corrected chi connectivity index (χ3v) is 6.56. The van der Waals surface area contributed by atoms with Crippen LogP contribution in [0.25, 0.3) is 0 Å². The van der Waals surface area contributed by atoms with Crippen LogP contribution in [0.1, 0.15) is 37.9 Å². The van der Waals surface area contributed by atoms with Crippen molar-refractivity contribution in [2.24, 2.45) is 0 Å². The lowest BCUT2D eigenvalue weighted by Crippen LogP contribution is -2.56. The number of aliphatic hydroxyl groups excluding tert-OH is 3. The summed E-state index contributed by atoms with van der Waals surface area (Å²) in [5.74, 6) is -6.92. The molecular formula is C27H26O14. The van der Waals surface area contributed by atoms with E-state index in [1.807, 2.05) is 0 Å². The highest BCUT2D eigenvalue weighted by atomic mass is 16.6. The fourth-order valence-corrected chi connectivity index (χ4v) is 4.44. The van der Waals surface area contributed by atoms with Gasteiger partial charge in [0.05, 0.1) is 24.8 Å². The van der Waals surface area contributed by atoms with Crippen LogP contribution in [0.15, 0.2) is 42.5 Å². The normalized spacial score (nSPS) is 22.2. The van der Waals surface area contributed by atoms with E-state index in [4.69, 9.17) is 14.2 Å². The molecule has 1 saturated heterocycles. The van der Waals surface area contributed by atoms with Crippen LogP contribution in [0.5, 0.6) is 40.2 Å². The van der Waals surface area contributed by atoms with E-state index >= 15 is 0 Å². The minimum atomic E-state index is -1.97. The van der Waals surface area contributed by atoms with Gasteiger partial charge in [-0.15, -0.1) is 0 Å². The Morgan fingerprint density at radius 2 is 1.44 bits per heavy atom. The SMILES string of the molecule is COc1cc(O)c(C(=O)c2ccc(O)cc2)c(O)c1[C@@H]1O[C@H](CO)[C@@H](O)[C@H](O)[C@H]1OC(=O)c1cc(O)c(O)c(O)c1. The molecule has 4 rings (SSSR count). The lowest BCUT2D eigenvalue weighted by atomic mass is 9.88. The maximum Gasteiger partial charge on any atom is 0.338 e. The Balaban J connectivity index is 1.84. The van der Waals surface area contributed by atoms with Crippen LogP contribution in [0.3, 0.4) is 0 Å². The van der Waals surface area contributed by atoms with Crippen molar-refractivity contribution < 1.29 is 69.8 Å². The summed E-state index contributed by atoms with van der Waals surface area (Å²) in [6, 6.07) is 7.32. The van der Waals surface area contributed by atoms with Gasteiger partial charge in [-0.05, 0) is 36.4 Å². The molecule has 218 valence electrons. The lowest BCUT2D eigenvalue weighted by Gasteiger charge is -2.42. The largest absolute Gasteiger partial charge is 0.508 e. The van der Waals surface area contributed by atoms with E-state index < -0.39 is 94.3 Å². The van der Waals surface area contributed by atoms with E-state index in [9.17, 15) is 55.5 Å². The average molecular weight is 574 g/mol. The van der Waals surface area contributed by atoms with Gasteiger partial charge in [0.2, 0.25) is 5.78 Å². The van der Waals surface area contributed by atoms with Crippen LogP contribution in [0, 0.1) is 0 Å². The summed E-state index contributed by atoms with van der Waals surface area (Å²) in [5.41, 5.74) is -1.60. The van der Waals surface area contributed by atoms with E-state index in [1.54, 1.807) is 0 Å². The number of ether oxygens (including phenoxy) is 3. The molecule has 0 amide bonds. The van der Waals surface area contributed by atoms with Gasteiger partial charge in [0.1, 0.15) is 53.0 Å². The number of benzene rings is 3. The number of hydrogen-bond acceptors (Lipinski definition) is 14. The molecule has 9 N–H and O–H groups in total. The molecule has 0 saturated carbocycles. The summed E-state index contributed by atoms with van der Waals surface area (Å²) in [6.45, 7) is -0.838. The quantitative estimate of drug-likeness (QED) is 0.106. The molecule has 1 aliphatic rings. The first kappa shape index (κ1) is 29.2. The number of rotatable bonds is 7. The van der Waals surface area contributed by atoms with Crippen LogP contribution in [-0.2, 0) is 9.47 Å². The number of aromatic hydroxyl groups is 6. The Hall–Kier alpha value is -4.76. The summed E-state index contributed by atoms with van der Waals surface area (Å²) in [5, 5.41) is 91.6. The first-order chi connectivity index (χ1) is 19.4. The van der Waals surface area contributed by atoms with Crippen LogP contribution in [0.2, 0.25) is 0 Å². The van der Waals surface area contributed by atoms with E-state index in [1.165, 1.54) is 24.3 Å². The molecule has 41 heavy (non-hydrogen) atoms. The van der Waals surface area contributed by atoms with Gasteiger partial charge in [0.25, 0.3) is 0 Å². The number of methoxy groups -OCH3 is 1. The minimum absolute atomic E-state index is 0.0484. The van der Waals surface area contributed by atoms with Gasteiger partial charge in [0, 0.05) is 11.6 Å². The van der Waals surface area contributed by atoms with Crippen molar-refractivity contribution in [2.45, 2.75) is 30.5 Å². The molecule has 0 aliphatic carbocycles. The number of aliphatic hydroxyl groups is 3. The van der Waals surface area contributed by atoms with Crippen molar-refractivity contribution in [1.82, 2.24) is 0 Å². The fraction of sp³-hybridized carbons (Fsp3) is 0.259. The number of carbonyl (C=O) groups excluding carboxylic acids is 2. The molecule has 0 spiro atoms. The number of carbonyl (C=O) groups is 2. The standard InChI is InChI=1S/C27H26O14/c1-39-16-8-13(30)18(20(33)10-2-4-12(29)5-3-10)23(36)19(16)25-26(24(37)22(35)17(9-28)40-25)41-27(38)11-6-14(31)21(34)15(32)7-11/h2-8,17,22,24-26,28-32,34-37H,9H2,1H3/t17-,22-,24+,25+,26-/m1/s1. The van der Waals surface area contributed by atoms with Crippen molar-refractivity contribution >= 4 is 11.8 Å². The van der Waals surface area contributed by atoms with Gasteiger partial charge < -0.3 is 60.2 Å². The maximum atomic E-state index is 13.2. The van der Waals surface area contributed by atoms with Crippen LogP contribution < -0.4 is 4.74 Å². The minimum Gasteiger partial charge on any atom is -0.508 e. The first-order valence-corrected chi connectivity index (χ1v) is 11.9. The number of phenolic OH excluding ortho intramolecular Hbond substituents is 6. The topological polar surface area (TPSA) is 244 Å². The Kier molecular flexibility index (Phi) is 8.12. The number of ketones is 1. The zero-order valence-electron chi connectivity index (χ0n) is 21.2. The number of phenols is 6. The smallest absolute Gasteiger partial charge is 0.338 e. The summed E-state index contributed by atoms with van der Waals surface area (Å²) < 4.78 is 16.3. The molecule has 14 heteroatoms. The van der Waals surface area contributed by atoms with Gasteiger partial charge in [-0.3, -0.25) is 4.79 Å². The summed E-state index contributed by atoms with van der Waals surface area (Å²) in [6.07, 6.45) is -8.89. The zero-order chi connectivity index (χ0) is 30.2. The zero-order valence-corrected chi connectivity index (χ0v) is 21.2. The number of esters is 1. The van der Waals surface area contributed by atoms with Gasteiger partial charge in [-0.1, -0.05) is 0 Å². The van der Waals surface area contributed by atoms with Crippen molar-refractivity contribution in [3.8, 4) is 40.2 Å². The molecule has 1 aliphatic heterocycles. The predicted molar refractivity (Wildman–Crippen MR) is 135 cm³/mol. The second-order valence-electron chi connectivity index (χ2n) is 9.10. The Morgan fingerprint density at radius 1 is 0.829 bits per heavy atom. The molecule has 3 aromatic rings. The molecule has 0 aromatic heterocycles.